The monoisotopic (exact) mass is 206 g/mol. The number of hydrogen-bond donors (Lipinski definition) is 2. The molecule has 1 heterocycles. The summed E-state index contributed by atoms with van der Waals surface area (Å²) in [4.78, 5) is 0. The standard InChI is InChI=1S/C12H18N2O/c1-8-10-3-4-14-7-12(10,2)5-9(6-13)11(8)15/h5,8,10-11,14-15H,3-4,7H2,1-2H3/t8-,10-,11?,12+/m0/s1. The topological polar surface area (TPSA) is 56.0 Å². The summed E-state index contributed by atoms with van der Waals surface area (Å²) in [5, 5.41) is 22.3. The second kappa shape index (κ2) is 3.62. The molecular formula is C12H18N2O. The van der Waals surface area contributed by atoms with E-state index in [1.165, 1.54) is 0 Å². The van der Waals surface area contributed by atoms with Crippen LogP contribution in [0.5, 0.6) is 0 Å². The molecule has 0 saturated carbocycles. The van der Waals surface area contributed by atoms with Gasteiger partial charge in [-0.3, -0.25) is 0 Å². The largest absolute Gasteiger partial charge is 0.387 e. The van der Waals surface area contributed by atoms with Gasteiger partial charge in [0.15, 0.2) is 0 Å². The molecule has 2 rings (SSSR count). The second-order valence-electron chi connectivity index (χ2n) is 5.09. The molecule has 1 fully saturated rings. The fourth-order valence-corrected chi connectivity index (χ4v) is 3.14. The zero-order chi connectivity index (χ0) is 11.1. The zero-order valence-electron chi connectivity index (χ0n) is 9.33. The van der Waals surface area contributed by atoms with E-state index >= 15 is 0 Å². The lowest BCUT2D eigenvalue weighted by Gasteiger charge is -2.47. The van der Waals surface area contributed by atoms with Crippen LogP contribution in [0.1, 0.15) is 20.3 Å². The van der Waals surface area contributed by atoms with Gasteiger partial charge in [-0.25, -0.2) is 0 Å². The van der Waals surface area contributed by atoms with Crippen LogP contribution in [0.3, 0.4) is 0 Å². The van der Waals surface area contributed by atoms with Crippen LogP contribution in [0.4, 0.5) is 0 Å². The van der Waals surface area contributed by atoms with Crippen LogP contribution in [0.2, 0.25) is 0 Å². The molecular weight excluding hydrogens is 188 g/mol. The molecule has 0 spiro atoms. The highest BCUT2D eigenvalue weighted by molar-refractivity contribution is 5.32. The minimum atomic E-state index is -0.564. The maximum absolute atomic E-state index is 9.98. The number of piperidine rings is 1. The van der Waals surface area contributed by atoms with E-state index in [0.717, 1.165) is 19.5 Å². The van der Waals surface area contributed by atoms with E-state index in [4.69, 9.17) is 5.26 Å². The molecule has 0 bridgehead atoms. The third-order valence-corrected chi connectivity index (χ3v) is 4.05. The Morgan fingerprint density at radius 2 is 2.40 bits per heavy atom. The first-order valence-electron chi connectivity index (χ1n) is 5.60. The minimum Gasteiger partial charge on any atom is -0.387 e. The van der Waals surface area contributed by atoms with Gasteiger partial charge in [-0.15, -0.1) is 0 Å². The minimum absolute atomic E-state index is 0.0436. The Morgan fingerprint density at radius 3 is 3.07 bits per heavy atom. The SMILES string of the molecule is C[C@@H]1C(O)C(C#N)=C[C@]2(C)CNCC[C@@H]12. The highest BCUT2D eigenvalue weighted by Crippen LogP contribution is 2.45. The number of aliphatic hydroxyl groups is 1. The van der Waals surface area contributed by atoms with Crippen molar-refractivity contribution < 1.29 is 5.11 Å². The highest BCUT2D eigenvalue weighted by Gasteiger charge is 2.45. The Bertz CT molecular complexity index is 331. The van der Waals surface area contributed by atoms with Gasteiger partial charge in [0, 0.05) is 12.0 Å². The van der Waals surface area contributed by atoms with Crippen LogP contribution < -0.4 is 5.32 Å². The van der Waals surface area contributed by atoms with Crippen molar-refractivity contribution in [1.82, 2.24) is 5.32 Å². The van der Waals surface area contributed by atoms with Crippen molar-refractivity contribution in [3.63, 3.8) is 0 Å². The number of aliphatic hydroxyl groups excluding tert-OH is 1. The van der Waals surface area contributed by atoms with Gasteiger partial charge < -0.3 is 10.4 Å². The highest BCUT2D eigenvalue weighted by atomic mass is 16.3. The first kappa shape index (κ1) is 10.7. The first-order valence-corrected chi connectivity index (χ1v) is 5.60. The van der Waals surface area contributed by atoms with Crippen LogP contribution in [0.25, 0.3) is 0 Å². The molecule has 0 aromatic heterocycles. The first-order chi connectivity index (χ1) is 7.08. The van der Waals surface area contributed by atoms with Crippen LogP contribution >= 0.6 is 0 Å². The summed E-state index contributed by atoms with van der Waals surface area (Å²) < 4.78 is 0. The van der Waals surface area contributed by atoms with Crippen LogP contribution in [-0.2, 0) is 0 Å². The van der Waals surface area contributed by atoms with Crippen molar-refractivity contribution in [2.75, 3.05) is 13.1 Å². The average Bonchev–Trinajstić information content (AvgIpc) is 2.23. The molecule has 2 N–H and O–H groups in total. The van der Waals surface area contributed by atoms with Gasteiger partial charge >= 0.3 is 0 Å². The fraction of sp³-hybridized carbons (Fsp3) is 0.750. The molecule has 0 aromatic rings. The Hall–Kier alpha value is -0.850. The lowest BCUT2D eigenvalue weighted by molar-refractivity contribution is 0.0322. The fourth-order valence-electron chi connectivity index (χ4n) is 3.14. The normalized spacial score (nSPS) is 45.2. The maximum atomic E-state index is 9.98. The summed E-state index contributed by atoms with van der Waals surface area (Å²) in [6, 6.07) is 2.13. The molecule has 1 saturated heterocycles. The summed E-state index contributed by atoms with van der Waals surface area (Å²) >= 11 is 0. The third kappa shape index (κ3) is 1.58. The molecule has 1 aliphatic heterocycles. The summed E-state index contributed by atoms with van der Waals surface area (Å²) in [6.45, 7) is 6.18. The van der Waals surface area contributed by atoms with Crippen molar-refractivity contribution in [1.29, 1.82) is 5.26 Å². The van der Waals surface area contributed by atoms with Gasteiger partial charge in [-0.05, 0) is 24.8 Å². The van der Waals surface area contributed by atoms with Crippen LogP contribution in [0, 0.1) is 28.6 Å². The Kier molecular flexibility index (Phi) is 2.57. The van der Waals surface area contributed by atoms with Gasteiger partial charge in [0.2, 0.25) is 0 Å². The van der Waals surface area contributed by atoms with Crippen molar-refractivity contribution in [2.24, 2.45) is 17.3 Å². The van der Waals surface area contributed by atoms with Gasteiger partial charge in [-0.1, -0.05) is 19.9 Å². The Labute approximate surface area is 90.8 Å². The lowest BCUT2D eigenvalue weighted by Crippen LogP contribution is -2.51. The average molecular weight is 206 g/mol. The molecule has 82 valence electrons. The number of rotatable bonds is 0. The van der Waals surface area contributed by atoms with Crippen molar-refractivity contribution in [2.45, 2.75) is 26.4 Å². The van der Waals surface area contributed by atoms with E-state index in [1.807, 2.05) is 6.08 Å². The zero-order valence-corrected chi connectivity index (χ0v) is 9.33. The van der Waals surface area contributed by atoms with E-state index in [9.17, 15) is 5.11 Å². The van der Waals surface area contributed by atoms with Gasteiger partial charge in [0.1, 0.15) is 0 Å². The van der Waals surface area contributed by atoms with Crippen molar-refractivity contribution in [3.8, 4) is 6.07 Å². The molecule has 0 aromatic carbocycles. The predicted molar refractivity (Wildman–Crippen MR) is 58.0 cm³/mol. The van der Waals surface area contributed by atoms with E-state index in [2.05, 4.69) is 25.2 Å². The number of fused-ring (bicyclic) bond motifs is 1. The quantitative estimate of drug-likeness (QED) is 0.623. The number of nitriles is 1. The number of nitrogens with one attached hydrogen (secondary N) is 1. The van der Waals surface area contributed by atoms with Crippen molar-refractivity contribution >= 4 is 0 Å². The molecule has 1 unspecified atom stereocenters. The van der Waals surface area contributed by atoms with Crippen molar-refractivity contribution in [3.05, 3.63) is 11.6 Å². The molecule has 0 radical (unpaired) electrons. The summed E-state index contributed by atoms with van der Waals surface area (Å²) in [5.41, 5.74) is 0.590. The maximum Gasteiger partial charge on any atom is 0.0971 e. The van der Waals surface area contributed by atoms with Crippen LogP contribution in [-0.4, -0.2) is 24.3 Å². The van der Waals surface area contributed by atoms with E-state index in [-0.39, 0.29) is 11.3 Å². The smallest absolute Gasteiger partial charge is 0.0971 e. The Balaban J connectivity index is 2.39. The summed E-state index contributed by atoms with van der Waals surface area (Å²) in [5.74, 6) is 0.683. The van der Waals surface area contributed by atoms with Gasteiger partial charge in [0.05, 0.1) is 17.7 Å². The molecule has 3 heteroatoms. The number of nitrogens with zero attached hydrogens (tertiary/aromatic N) is 1. The van der Waals surface area contributed by atoms with E-state index < -0.39 is 6.10 Å². The molecule has 1 aliphatic carbocycles. The molecule has 15 heavy (non-hydrogen) atoms. The molecule has 4 atom stereocenters. The predicted octanol–water partition coefficient (Wildman–Crippen LogP) is 1.06. The van der Waals surface area contributed by atoms with Crippen LogP contribution in [0.15, 0.2) is 11.6 Å². The van der Waals surface area contributed by atoms with E-state index in [1.54, 1.807) is 0 Å². The van der Waals surface area contributed by atoms with Gasteiger partial charge in [-0.2, -0.15) is 5.26 Å². The van der Waals surface area contributed by atoms with E-state index in [0.29, 0.717) is 11.5 Å². The summed E-state index contributed by atoms with van der Waals surface area (Å²) in [6.07, 6.45) is 2.50. The Morgan fingerprint density at radius 1 is 1.67 bits per heavy atom. The summed E-state index contributed by atoms with van der Waals surface area (Å²) in [7, 11) is 0. The molecule has 2 aliphatic rings. The third-order valence-electron chi connectivity index (χ3n) is 4.05. The molecule has 3 nitrogen and oxygen atoms in total. The number of hydrogen-bond acceptors (Lipinski definition) is 3. The molecule has 0 amide bonds. The van der Waals surface area contributed by atoms with Gasteiger partial charge in [0.25, 0.3) is 0 Å². The lowest BCUT2D eigenvalue weighted by atomic mass is 9.61. The second-order valence-corrected chi connectivity index (χ2v) is 5.09.